The van der Waals surface area contributed by atoms with Crippen LogP contribution in [0.1, 0.15) is 41.5 Å². The molecule has 5 nitrogen and oxygen atoms in total. The van der Waals surface area contributed by atoms with Gasteiger partial charge in [0.1, 0.15) is 11.4 Å². The molecule has 1 aromatic rings. The first-order chi connectivity index (χ1) is 8.14. The first-order valence-electron chi connectivity index (χ1n) is 5.55. The van der Waals surface area contributed by atoms with Crippen molar-refractivity contribution in [3.8, 4) is 0 Å². The molecular formula is C11H14F2N2O3. The van der Waals surface area contributed by atoms with E-state index in [-0.39, 0.29) is 17.8 Å². The molecule has 0 radical (unpaired) electrons. The fourth-order valence-corrected chi connectivity index (χ4v) is 1.93. The molecule has 0 bridgehead atoms. The van der Waals surface area contributed by atoms with Gasteiger partial charge in [-0.05, 0) is 19.8 Å². The van der Waals surface area contributed by atoms with Crippen LogP contribution >= 0.6 is 0 Å². The van der Waals surface area contributed by atoms with E-state index in [1.807, 2.05) is 0 Å². The minimum Gasteiger partial charge on any atom is -0.477 e. The Hall–Kier alpha value is -1.50. The van der Waals surface area contributed by atoms with Gasteiger partial charge in [-0.3, -0.25) is 4.68 Å². The van der Waals surface area contributed by atoms with E-state index in [0.29, 0.717) is 19.8 Å². The zero-order chi connectivity index (χ0) is 13.7. The number of halogens is 2. The third-order valence-corrected chi connectivity index (χ3v) is 3.08. The summed E-state index contributed by atoms with van der Waals surface area (Å²) in [5, 5.41) is 22.5. The highest BCUT2D eigenvalue weighted by Crippen LogP contribution is 2.38. The molecule has 0 unspecified atom stereocenters. The van der Waals surface area contributed by atoms with E-state index in [0.717, 1.165) is 4.68 Å². The molecule has 1 aliphatic carbocycles. The summed E-state index contributed by atoms with van der Waals surface area (Å²) in [4.78, 5) is 11.1. The standard InChI is InChI=1S/C11H14F2N2O3/c1-6-7(9(16)17)15(5-11(18)3-4-11)14-8(6)10(2,12)13/h18H,3-5H2,1-2H3,(H,16,17). The SMILES string of the molecule is Cc1c(C(C)(F)F)nn(CC2(O)CC2)c1C(=O)O. The highest BCUT2D eigenvalue weighted by molar-refractivity contribution is 5.87. The molecular weight excluding hydrogens is 246 g/mol. The second kappa shape index (κ2) is 3.74. The van der Waals surface area contributed by atoms with Gasteiger partial charge in [0.2, 0.25) is 0 Å². The summed E-state index contributed by atoms with van der Waals surface area (Å²) in [5.41, 5.74) is -1.89. The van der Waals surface area contributed by atoms with Crippen molar-refractivity contribution in [3.63, 3.8) is 0 Å². The number of carbonyl (C=O) groups is 1. The van der Waals surface area contributed by atoms with E-state index in [1.54, 1.807) is 0 Å². The van der Waals surface area contributed by atoms with Crippen LogP contribution in [-0.2, 0) is 12.5 Å². The lowest BCUT2D eigenvalue weighted by atomic mass is 10.1. The van der Waals surface area contributed by atoms with Crippen LogP contribution in [-0.4, -0.2) is 31.6 Å². The van der Waals surface area contributed by atoms with Gasteiger partial charge in [-0.25, -0.2) is 4.79 Å². The first kappa shape index (κ1) is 12.9. The van der Waals surface area contributed by atoms with Crippen molar-refractivity contribution in [3.05, 3.63) is 17.0 Å². The molecule has 0 aromatic carbocycles. The van der Waals surface area contributed by atoms with Gasteiger partial charge in [0.25, 0.3) is 5.92 Å². The molecule has 1 aliphatic rings. The normalized spacial score (nSPS) is 17.8. The molecule has 18 heavy (non-hydrogen) atoms. The van der Waals surface area contributed by atoms with E-state index < -0.39 is 23.2 Å². The summed E-state index contributed by atoms with van der Waals surface area (Å²) in [6.07, 6.45) is 1.06. The van der Waals surface area contributed by atoms with Crippen molar-refractivity contribution < 1.29 is 23.8 Å². The molecule has 0 atom stereocenters. The van der Waals surface area contributed by atoms with E-state index in [9.17, 15) is 18.7 Å². The van der Waals surface area contributed by atoms with Gasteiger partial charge in [-0.2, -0.15) is 13.9 Å². The number of nitrogens with zero attached hydrogens (tertiary/aromatic N) is 2. The van der Waals surface area contributed by atoms with Crippen molar-refractivity contribution in [1.82, 2.24) is 9.78 Å². The minimum atomic E-state index is -3.20. The Labute approximate surface area is 102 Å². The Bertz CT molecular complexity index is 501. The number of aromatic nitrogens is 2. The van der Waals surface area contributed by atoms with Crippen molar-refractivity contribution in [2.45, 2.75) is 44.8 Å². The van der Waals surface area contributed by atoms with Crippen LogP contribution in [0, 0.1) is 6.92 Å². The maximum absolute atomic E-state index is 13.3. The number of hydrogen-bond donors (Lipinski definition) is 2. The summed E-state index contributed by atoms with van der Waals surface area (Å²) in [7, 11) is 0. The van der Waals surface area contributed by atoms with Crippen LogP contribution in [0.25, 0.3) is 0 Å². The van der Waals surface area contributed by atoms with Gasteiger partial charge < -0.3 is 10.2 Å². The number of rotatable bonds is 4. The number of alkyl halides is 2. The molecule has 0 amide bonds. The maximum atomic E-state index is 13.3. The lowest BCUT2D eigenvalue weighted by molar-refractivity contribution is 0.0109. The number of aliphatic hydroxyl groups is 1. The average Bonchev–Trinajstić information content (AvgIpc) is 2.79. The Morgan fingerprint density at radius 2 is 2.11 bits per heavy atom. The Morgan fingerprint density at radius 3 is 2.50 bits per heavy atom. The highest BCUT2D eigenvalue weighted by Gasteiger charge is 2.43. The van der Waals surface area contributed by atoms with Crippen LogP contribution in [0.2, 0.25) is 0 Å². The fraction of sp³-hybridized carbons (Fsp3) is 0.636. The third-order valence-electron chi connectivity index (χ3n) is 3.08. The predicted octanol–water partition coefficient (Wildman–Crippen LogP) is 1.53. The van der Waals surface area contributed by atoms with Crippen LogP contribution in [0.5, 0.6) is 0 Å². The van der Waals surface area contributed by atoms with Crippen molar-refractivity contribution in [2.75, 3.05) is 0 Å². The lowest BCUT2D eigenvalue weighted by Gasteiger charge is -2.09. The number of hydrogen-bond acceptors (Lipinski definition) is 3. The van der Waals surface area contributed by atoms with Crippen LogP contribution in [0.15, 0.2) is 0 Å². The highest BCUT2D eigenvalue weighted by atomic mass is 19.3. The van der Waals surface area contributed by atoms with Crippen molar-refractivity contribution >= 4 is 5.97 Å². The smallest absolute Gasteiger partial charge is 0.354 e. The summed E-state index contributed by atoms with van der Waals surface area (Å²) in [6, 6.07) is 0. The van der Waals surface area contributed by atoms with Gasteiger partial charge in [-0.15, -0.1) is 0 Å². The van der Waals surface area contributed by atoms with Crippen LogP contribution in [0.3, 0.4) is 0 Å². The molecule has 100 valence electrons. The minimum absolute atomic E-state index is 0.0562. The van der Waals surface area contributed by atoms with Gasteiger partial charge in [0.05, 0.1) is 12.1 Å². The number of carboxylic acid groups (broad SMARTS) is 1. The second-order valence-corrected chi connectivity index (χ2v) is 4.90. The topological polar surface area (TPSA) is 75.3 Å². The molecule has 2 N–H and O–H groups in total. The number of aromatic carboxylic acids is 1. The van der Waals surface area contributed by atoms with Crippen LogP contribution in [0.4, 0.5) is 8.78 Å². The van der Waals surface area contributed by atoms with E-state index in [1.165, 1.54) is 6.92 Å². The van der Waals surface area contributed by atoms with Gasteiger partial charge >= 0.3 is 5.97 Å². The fourth-order valence-electron chi connectivity index (χ4n) is 1.93. The zero-order valence-corrected chi connectivity index (χ0v) is 10.1. The molecule has 2 rings (SSSR count). The first-order valence-corrected chi connectivity index (χ1v) is 5.55. The largest absolute Gasteiger partial charge is 0.477 e. The third kappa shape index (κ3) is 2.22. The summed E-state index contributed by atoms with van der Waals surface area (Å²) >= 11 is 0. The molecule has 0 spiro atoms. The van der Waals surface area contributed by atoms with E-state index >= 15 is 0 Å². The lowest BCUT2D eigenvalue weighted by Crippen LogP contribution is -2.22. The number of carboxylic acids is 1. The quantitative estimate of drug-likeness (QED) is 0.860. The Morgan fingerprint density at radius 1 is 1.56 bits per heavy atom. The molecule has 1 aromatic heterocycles. The summed E-state index contributed by atoms with van der Waals surface area (Å²) in [5.74, 6) is -4.52. The summed E-state index contributed by atoms with van der Waals surface area (Å²) in [6.45, 7) is 1.91. The predicted molar refractivity (Wildman–Crippen MR) is 57.7 cm³/mol. The molecule has 7 heteroatoms. The van der Waals surface area contributed by atoms with E-state index in [2.05, 4.69) is 5.10 Å². The summed E-state index contributed by atoms with van der Waals surface area (Å²) < 4.78 is 27.5. The van der Waals surface area contributed by atoms with Crippen molar-refractivity contribution in [1.29, 1.82) is 0 Å². The molecule has 0 saturated heterocycles. The average molecular weight is 260 g/mol. The van der Waals surface area contributed by atoms with Gasteiger partial charge in [-0.1, -0.05) is 0 Å². The van der Waals surface area contributed by atoms with Crippen molar-refractivity contribution in [2.24, 2.45) is 0 Å². The van der Waals surface area contributed by atoms with E-state index in [4.69, 9.17) is 5.11 Å². The second-order valence-electron chi connectivity index (χ2n) is 4.90. The Kier molecular flexibility index (Phi) is 2.69. The van der Waals surface area contributed by atoms with Gasteiger partial charge in [0.15, 0.2) is 0 Å². The monoisotopic (exact) mass is 260 g/mol. The molecule has 1 heterocycles. The maximum Gasteiger partial charge on any atom is 0.354 e. The van der Waals surface area contributed by atoms with Crippen LogP contribution < -0.4 is 0 Å². The zero-order valence-electron chi connectivity index (χ0n) is 10.1. The molecule has 0 aliphatic heterocycles. The molecule has 1 saturated carbocycles. The Balaban J connectivity index is 2.47. The van der Waals surface area contributed by atoms with Gasteiger partial charge in [0, 0.05) is 12.5 Å². The molecule has 1 fully saturated rings.